The van der Waals surface area contributed by atoms with E-state index in [0.29, 0.717) is 42.2 Å². The van der Waals surface area contributed by atoms with Crippen molar-refractivity contribution >= 4 is 11.6 Å². The number of ether oxygens (including phenoxy) is 3. The van der Waals surface area contributed by atoms with Crippen molar-refractivity contribution in [3.8, 4) is 17.4 Å². The average molecular weight is 413 g/mol. The first-order chi connectivity index (χ1) is 14.3. The second-order valence-electron chi connectivity index (χ2n) is 6.42. The van der Waals surface area contributed by atoms with E-state index >= 15 is 0 Å². The lowest BCUT2D eigenvalue weighted by atomic mass is 10.1. The van der Waals surface area contributed by atoms with Crippen LogP contribution in [0.25, 0.3) is 0 Å². The standard InChI is InChI=1S/C23H25ClN2O3/c1-27-21-15-20(24)14-19(23(21)29-17-18-8-3-2-4-9-18)16-25-11-7-13-28-22-10-5-6-12-26-22/h2-6,8-10,12,14-15,25H,7,11,13,16-17H2,1H3. The number of nitrogens with one attached hydrogen (secondary N) is 1. The van der Waals surface area contributed by atoms with Crippen LogP contribution in [0.3, 0.4) is 0 Å². The topological polar surface area (TPSA) is 52.6 Å². The van der Waals surface area contributed by atoms with Crippen LogP contribution in [0.2, 0.25) is 5.02 Å². The quantitative estimate of drug-likeness (QED) is 0.455. The summed E-state index contributed by atoms with van der Waals surface area (Å²) in [5.41, 5.74) is 2.05. The van der Waals surface area contributed by atoms with Gasteiger partial charge in [-0.15, -0.1) is 0 Å². The van der Waals surface area contributed by atoms with Crippen molar-refractivity contribution in [2.24, 2.45) is 0 Å². The number of pyridine rings is 1. The fraction of sp³-hybridized carbons (Fsp3) is 0.261. The molecule has 0 unspecified atom stereocenters. The molecule has 0 spiro atoms. The number of hydrogen-bond acceptors (Lipinski definition) is 5. The predicted molar refractivity (Wildman–Crippen MR) is 115 cm³/mol. The summed E-state index contributed by atoms with van der Waals surface area (Å²) >= 11 is 6.26. The van der Waals surface area contributed by atoms with Crippen molar-refractivity contribution in [2.75, 3.05) is 20.3 Å². The summed E-state index contributed by atoms with van der Waals surface area (Å²) in [5, 5.41) is 4.03. The molecular weight excluding hydrogens is 388 g/mol. The molecule has 1 N–H and O–H groups in total. The minimum atomic E-state index is 0.462. The number of nitrogens with zero attached hydrogens (tertiary/aromatic N) is 1. The Kier molecular flexibility index (Phi) is 8.16. The summed E-state index contributed by atoms with van der Waals surface area (Å²) in [7, 11) is 1.62. The van der Waals surface area contributed by atoms with Gasteiger partial charge in [0.05, 0.1) is 13.7 Å². The molecule has 29 heavy (non-hydrogen) atoms. The maximum absolute atomic E-state index is 6.26. The summed E-state index contributed by atoms with van der Waals surface area (Å²) in [6.07, 6.45) is 2.57. The molecule has 5 nitrogen and oxygen atoms in total. The first kappa shape index (κ1) is 21.0. The fourth-order valence-corrected chi connectivity index (χ4v) is 3.06. The third-order valence-electron chi connectivity index (χ3n) is 4.24. The molecule has 3 aromatic rings. The predicted octanol–water partition coefficient (Wildman–Crippen LogP) is 4.88. The lowest BCUT2D eigenvalue weighted by Crippen LogP contribution is -2.18. The van der Waals surface area contributed by atoms with Gasteiger partial charge in [-0.2, -0.15) is 0 Å². The van der Waals surface area contributed by atoms with Crippen LogP contribution in [-0.2, 0) is 13.2 Å². The van der Waals surface area contributed by atoms with Gasteiger partial charge in [0.25, 0.3) is 0 Å². The minimum absolute atomic E-state index is 0.462. The van der Waals surface area contributed by atoms with E-state index in [9.17, 15) is 0 Å². The third kappa shape index (κ3) is 6.66. The Morgan fingerprint density at radius 3 is 2.59 bits per heavy atom. The first-order valence-corrected chi connectivity index (χ1v) is 9.91. The molecule has 0 bridgehead atoms. The number of aromatic nitrogens is 1. The van der Waals surface area contributed by atoms with Crippen molar-refractivity contribution < 1.29 is 14.2 Å². The molecule has 0 saturated heterocycles. The smallest absolute Gasteiger partial charge is 0.213 e. The first-order valence-electron chi connectivity index (χ1n) is 9.54. The maximum Gasteiger partial charge on any atom is 0.213 e. The number of rotatable bonds is 11. The Morgan fingerprint density at radius 2 is 1.83 bits per heavy atom. The zero-order chi connectivity index (χ0) is 20.3. The van der Waals surface area contributed by atoms with Crippen molar-refractivity contribution in [3.63, 3.8) is 0 Å². The van der Waals surface area contributed by atoms with Crippen LogP contribution in [0, 0.1) is 0 Å². The largest absolute Gasteiger partial charge is 0.493 e. The Balaban J connectivity index is 1.53. The van der Waals surface area contributed by atoms with Crippen LogP contribution in [0.5, 0.6) is 17.4 Å². The van der Waals surface area contributed by atoms with Crippen LogP contribution in [-0.4, -0.2) is 25.2 Å². The monoisotopic (exact) mass is 412 g/mol. The molecule has 1 heterocycles. The van der Waals surface area contributed by atoms with Crippen LogP contribution in [0.1, 0.15) is 17.5 Å². The molecule has 0 saturated carbocycles. The maximum atomic E-state index is 6.26. The van der Waals surface area contributed by atoms with Gasteiger partial charge in [0.2, 0.25) is 5.88 Å². The third-order valence-corrected chi connectivity index (χ3v) is 4.46. The highest BCUT2D eigenvalue weighted by Crippen LogP contribution is 2.35. The van der Waals surface area contributed by atoms with Crippen LogP contribution < -0.4 is 19.5 Å². The molecule has 152 valence electrons. The van der Waals surface area contributed by atoms with Crippen LogP contribution in [0.4, 0.5) is 0 Å². The average Bonchev–Trinajstić information content (AvgIpc) is 2.76. The van der Waals surface area contributed by atoms with Crippen molar-refractivity contribution in [2.45, 2.75) is 19.6 Å². The van der Waals surface area contributed by atoms with E-state index in [1.807, 2.05) is 54.6 Å². The van der Waals surface area contributed by atoms with Gasteiger partial charge in [0.15, 0.2) is 11.5 Å². The molecule has 2 aromatic carbocycles. The van der Waals surface area contributed by atoms with E-state index in [4.69, 9.17) is 25.8 Å². The van der Waals surface area contributed by atoms with Crippen molar-refractivity contribution in [3.05, 3.63) is 83.0 Å². The lowest BCUT2D eigenvalue weighted by Gasteiger charge is -2.16. The molecule has 6 heteroatoms. The number of methoxy groups -OCH3 is 1. The minimum Gasteiger partial charge on any atom is -0.493 e. The Morgan fingerprint density at radius 1 is 1.00 bits per heavy atom. The Labute approximate surface area is 176 Å². The summed E-state index contributed by atoms with van der Waals surface area (Å²) in [5.74, 6) is 1.98. The van der Waals surface area contributed by atoms with Gasteiger partial charge >= 0.3 is 0 Å². The molecule has 0 amide bonds. The van der Waals surface area contributed by atoms with Gasteiger partial charge in [-0.3, -0.25) is 0 Å². The Bertz CT molecular complexity index is 876. The van der Waals surface area contributed by atoms with Gasteiger partial charge in [0.1, 0.15) is 6.61 Å². The van der Waals surface area contributed by atoms with E-state index in [0.717, 1.165) is 24.1 Å². The van der Waals surface area contributed by atoms with E-state index < -0.39 is 0 Å². The summed E-state index contributed by atoms with van der Waals surface area (Å²) < 4.78 is 17.2. The molecule has 0 fully saturated rings. The second-order valence-corrected chi connectivity index (χ2v) is 6.85. The molecule has 1 aromatic heterocycles. The van der Waals surface area contributed by atoms with Gasteiger partial charge in [-0.1, -0.05) is 48.0 Å². The summed E-state index contributed by atoms with van der Waals surface area (Å²) in [4.78, 5) is 4.14. The highest BCUT2D eigenvalue weighted by atomic mass is 35.5. The fourth-order valence-electron chi connectivity index (χ4n) is 2.83. The molecule has 3 rings (SSSR count). The Hall–Kier alpha value is -2.76. The molecule has 0 atom stereocenters. The van der Waals surface area contributed by atoms with Crippen LogP contribution in [0.15, 0.2) is 66.9 Å². The van der Waals surface area contributed by atoms with Crippen LogP contribution >= 0.6 is 11.6 Å². The summed E-state index contributed by atoms with van der Waals surface area (Å²) in [6, 6.07) is 19.3. The second kappa shape index (κ2) is 11.3. The lowest BCUT2D eigenvalue weighted by molar-refractivity contribution is 0.279. The van der Waals surface area contributed by atoms with Gasteiger partial charge in [-0.25, -0.2) is 4.98 Å². The number of hydrogen-bond donors (Lipinski definition) is 1. The molecule has 0 aliphatic heterocycles. The van der Waals surface area contributed by atoms with Gasteiger partial charge in [-0.05, 0) is 30.7 Å². The highest BCUT2D eigenvalue weighted by molar-refractivity contribution is 6.30. The van der Waals surface area contributed by atoms with Crippen molar-refractivity contribution in [1.82, 2.24) is 10.3 Å². The van der Waals surface area contributed by atoms with E-state index in [2.05, 4.69) is 10.3 Å². The van der Waals surface area contributed by atoms with E-state index in [-0.39, 0.29) is 0 Å². The zero-order valence-electron chi connectivity index (χ0n) is 16.4. The summed E-state index contributed by atoms with van der Waals surface area (Å²) in [6.45, 7) is 2.47. The zero-order valence-corrected chi connectivity index (χ0v) is 17.2. The molecule has 0 radical (unpaired) electrons. The number of benzene rings is 2. The van der Waals surface area contributed by atoms with Crippen molar-refractivity contribution in [1.29, 1.82) is 0 Å². The molecule has 0 aliphatic rings. The number of halogens is 1. The normalized spacial score (nSPS) is 10.6. The van der Waals surface area contributed by atoms with E-state index in [1.165, 1.54) is 0 Å². The highest BCUT2D eigenvalue weighted by Gasteiger charge is 2.13. The van der Waals surface area contributed by atoms with Gasteiger partial charge in [0, 0.05) is 35.5 Å². The van der Waals surface area contributed by atoms with E-state index in [1.54, 1.807) is 19.4 Å². The molecule has 0 aliphatic carbocycles. The molecular formula is C23H25ClN2O3. The van der Waals surface area contributed by atoms with Gasteiger partial charge < -0.3 is 19.5 Å². The SMILES string of the molecule is COc1cc(Cl)cc(CNCCCOc2ccccn2)c1OCc1ccccc1.